The summed E-state index contributed by atoms with van der Waals surface area (Å²) in [4.78, 5) is 27.7. The molecule has 2 fully saturated rings. The molecule has 0 aliphatic carbocycles. The summed E-state index contributed by atoms with van der Waals surface area (Å²) in [6.45, 7) is 2.28. The molecular formula is C17H23N3O2. The zero-order valence-corrected chi connectivity index (χ0v) is 13.0. The van der Waals surface area contributed by atoms with Gasteiger partial charge in [0.2, 0.25) is 5.91 Å². The number of carbonyl (C=O) groups is 2. The maximum atomic E-state index is 12.3. The molecule has 0 spiro atoms. The highest BCUT2D eigenvalue weighted by Gasteiger charge is 2.33. The number of hydrogen-bond donors (Lipinski definition) is 1. The van der Waals surface area contributed by atoms with Crippen molar-refractivity contribution in [3.05, 3.63) is 35.9 Å². The summed E-state index contributed by atoms with van der Waals surface area (Å²) in [6.07, 6.45) is 2.75. The Hall–Kier alpha value is -2.04. The Labute approximate surface area is 131 Å². The Morgan fingerprint density at radius 3 is 2.68 bits per heavy atom. The SMILES string of the molecule is CN1CC[C@H](NC(=O)N2CC[C@H](Cc3ccccc3)C2)C1=O. The van der Waals surface area contributed by atoms with Gasteiger partial charge in [-0.3, -0.25) is 4.79 Å². The lowest BCUT2D eigenvalue weighted by atomic mass is 9.99. The minimum atomic E-state index is -0.342. The average molecular weight is 301 g/mol. The molecular weight excluding hydrogens is 278 g/mol. The van der Waals surface area contributed by atoms with Crippen LogP contribution in [-0.2, 0) is 11.2 Å². The van der Waals surface area contributed by atoms with Crippen molar-refractivity contribution in [2.45, 2.75) is 25.3 Å². The number of likely N-dealkylation sites (tertiary alicyclic amines) is 2. The average Bonchev–Trinajstić information content (AvgIpc) is 3.10. The smallest absolute Gasteiger partial charge is 0.318 e. The van der Waals surface area contributed by atoms with Crippen molar-refractivity contribution >= 4 is 11.9 Å². The number of nitrogens with zero attached hydrogens (tertiary/aromatic N) is 2. The minimum absolute atomic E-state index is 0.0217. The van der Waals surface area contributed by atoms with Crippen molar-refractivity contribution in [1.82, 2.24) is 15.1 Å². The van der Waals surface area contributed by atoms with Gasteiger partial charge in [0.25, 0.3) is 0 Å². The van der Waals surface area contributed by atoms with Crippen LogP contribution in [0.4, 0.5) is 4.79 Å². The number of carbonyl (C=O) groups excluding carboxylic acids is 2. The highest BCUT2D eigenvalue weighted by molar-refractivity contribution is 5.88. The second-order valence-corrected chi connectivity index (χ2v) is 6.34. The normalized spacial score (nSPS) is 24.9. The molecule has 3 rings (SSSR count). The van der Waals surface area contributed by atoms with Crippen LogP contribution in [0.1, 0.15) is 18.4 Å². The molecule has 118 valence electrons. The monoisotopic (exact) mass is 301 g/mol. The lowest BCUT2D eigenvalue weighted by Crippen LogP contribution is -2.46. The summed E-state index contributed by atoms with van der Waals surface area (Å²) in [5, 5.41) is 2.88. The summed E-state index contributed by atoms with van der Waals surface area (Å²) in [7, 11) is 1.78. The number of nitrogens with one attached hydrogen (secondary N) is 1. The first-order valence-corrected chi connectivity index (χ1v) is 7.98. The molecule has 2 saturated heterocycles. The lowest BCUT2D eigenvalue weighted by molar-refractivity contribution is -0.128. The molecule has 0 bridgehead atoms. The van der Waals surface area contributed by atoms with Gasteiger partial charge >= 0.3 is 6.03 Å². The number of hydrogen-bond acceptors (Lipinski definition) is 2. The molecule has 0 unspecified atom stereocenters. The van der Waals surface area contributed by atoms with Gasteiger partial charge in [-0.2, -0.15) is 0 Å². The first-order chi connectivity index (χ1) is 10.6. The predicted molar refractivity (Wildman–Crippen MR) is 84.4 cm³/mol. The van der Waals surface area contributed by atoms with Gasteiger partial charge in [-0.15, -0.1) is 0 Å². The highest BCUT2D eigenvalue weighted by Crippen LogP contribution is 2.21. The molecule has 2 aliphatic rings. The van der Waals surface area contributed by atoms with E-state index in [0.29, 0.717) is 12.3 Å². The van der Waals surface area contributed by atoms with Crippen LogP contribution in [0.25, 0.3) is 0 Å². The van der Waals surface area contributed by atoms with Crippen LogP contribution in [0.5, 0.6) is 0 Å². The van der Waals surface area contributed by atoms with Gasteiger partial charge in [0.05, 0.1) is 0 Å². The van der Waals surface area contributed by atoms with Gasteiger partial charge in [0, 0.05) is 26.7 Å². The Morgan fingerprint density at radius 1 is 1.23 bits per heavy atom. The third-order valence-corrected chi connectivity index (χ3v) is 4.67. The number of amides is 3. The Morgan fingerprint density at radius 2 is 2.00 bits per heavy atom. The Kier molecular flexibility index (Phi) is 4.32. The van der Waals surface area contributed by atoms with Crippen molar-refractivity contribution in [2.75, 3.05) is 26.7 Å². The summed E-state index contributed by atoms with van der Waals surface area (Å²) < 4.78 is 0. The van der Waals surface area contributed by atoms with E-state index in [2.05, 4.69) is 29.6 Å². The third kappa shape index (κ3) is 3.24. The Balaban J connectivity index is 1.50. The fraction of sp³-hybridized carbons (Fsp3) is 0.529. The van der Waals surface area contributed by atoms with Crippen LogP contribution in [0.3, 0.4) is 0 Å². The molecule has 2 atom stereocenters. The first-order valence-electron chi connectivity index (χ1n) is 7.98. The zero-order chi connectivity index (χ0) is 15.5. The molecule has 1 N–H and O–H groups in total. The molecule has 2 aliphatic heterocycles. The largest absolute Gasteiger partial charge is 0.344 e. The minimum Gasteiger partial charge on any atom is -0.344 e. The lowest BCUT2D eigenvalue weighted by Gasteiger charge is -2.20. The number of likely N-dealkylation sites (N-methyl/N-ethyl adjacent to an activating group) is 1. The number of benzene rings is 1. The van der Waals surface area contributed by atoms with Crippen LogP contribution in [0.15, 0.2) is 30.3 Å². The number of urea groups is 1. The molecule has 2 heterocycles. The molecule has 5 heteroatoms. The maximum Gasteiger partial charge on any atom is 0.318 e. The molecule has 1 aromatic carbocycles. The molecule has 1 aromatic rings. The van der Waals surface area contributed by atoms with Gasteiger partial charge in [-0.1, -0.05) is 30.3 Å². The van der Waals surface area contributed by atoms with E-state index in [4.69, 9.17) is 0 Å². The first kappa shape index (κ1) is 14.9. The van der Waals surface area contributed by atoms with Crippen LogP contribution >= 0.6 is 0 Å². The fourth-order valence-corrected chi connectivity index (χ4v) is 3.33. The van der Waals surface area contributed by atoms with E-state index in [-0.39, 0.29) is 18.0 Å². The quantitative estimate of drug-likeness (QED) is 0.919. The molecule has 5 nitrogen and oxygen atoms in total. The van der Waals surface area contributed by atoms with Gasteiger partial charge in [0.1, 0.15) is 6.04 Å². The fourth-order valence-electron chi connectivity index (χ4n) is 3.33. The van der Waals surface area contributed by atoms with Gasteiger partial charge in [-0.25, -0.2) is 4.79 Å². The van der Waals surface area contributed by atoms with E-state index >= 15 is 0 Å². The van der Waals surface area contributed by atoms with Gasteiger partial charge < -0.3 is 15.1 Å². The van der Waals surface area contributed by atoms with E-state index in [0.717, 1.165) is 32.5 Å². The molecule has 0 aromatic heterocycles. The second-order valence-electron chi connectivity index (χ2n) is 6.34. The molecule has 22 heavy (non-hydrogen) atoms. The molecule has 0 saturated carbocycles. The van der Waals surface area contributed by atoms with Crippen LogP contribution in [-0.4, -0.2) is 54.5 Å². The molecule has 3 amide bonds. The third-order valence-electron chi connectivity index (χ3n) is 4.67. The second kappa shape index (κ2) is 6.38. The van der Waals surface area contributed by atoms with E-state index in [1.165, 1.54) is 5.56 Å². The van der Waals surface area contributed by atoms with E-state index < -0.39 is 0 Å². The summed E-state index contributed by atoms with van der Waals surface area (Å²) in [5.41, 5.74) is 1.32. The van der Waals surface area contributed by atoms with Crippen LogP contribution in [0, 0.1) is 5.92 Å². The molecule has 0 radical (unpaired) electrons. The summed E-state index contributed by atoms with van der Waals surface area (Å²) in [5.74, 6) is 0.531. The van der Waals surface area contributed by atoms with Crippen molar-refractivity contribution in [2.24, 2.45) is 5.92 Å². The predicted octanol–water partition coefficient (Wildman–Crippen LogP) is 1.49. The zero-order valence-electron chi connectivity index (χ0n) is 13.0. The standard InChI is InChI=1S/C17H23N3O2/c1-19-9-8-15(16(19)21)18-17(22)20-10-7-14(12-20)11-13-5-3-2-4-6-13/h2-6,14-15H,7-12H2,1H3,(H,18,22)/t14-,15+/m1/s1. The van der Waals surface area contributed by atoms with E-state index in [9.17, 15) is 9.59 Å². The van der Waals surface area contributed by atoms with Crippen molar-refractivity contribution in [3.63, 3.8) is 0 Å². The van der Waals surface area contributed by atoms with Crippen molar-refractivity contribution in [1.29, 1.82) is 0 Å². The number of rotatable bonds is 3. The van der Waals surface area contributed by atoms with Crippen LogP contribution in [0.2, 0.25) is 0 Å². The van der Waals surface area contributed by atoms with Gasteiger partial charge in [-0.05, 0) is 30.7 Å². The van der Waals surface area contributed by atoms with E-state index in [1.54, 1.807) is 11.9 Å². The van der Waals surface area contributed by atoms with Crippen molar-refractivity contribution < 1.29 is 9.59 Å². The Bertz CT molecular complexity index is 546. The topological polar surface area (TPSA) is 52.7 Å². The van der Waals surface area contributed by atoms with Crippen LogP contribution < -0.4 is 5.32 Å². The van der Waals surface area contributed by atoms with Gasteiger partial charge in [0.15, 0.2) is 0 Å². The maximum absolute atomic E-state index is 12.3. The highest BCUT2D eigenvalue weighted by atomic mass is 16.2. The summed E-state index contributed by atoms with van der Waals surface area (Å²) in [6, 6.07) is 9.96. The van der Waals surface area contributed by atoms with E-state index in [1.807, 2.05) is 11.0 Å². The van der Waals surface area contributed by atoms with Crippen molar-refractivity contribution in [3.8, 4) is 0 Å². The summed E-state index contributed by atoms with van der Waals surface area (Å²) >= 11 is 0.